The van der Waals surface area contributed by atoms with Crippen molar-refractivity contribution in [2.75, 3.05) is 12.8 Å². The van der Waals surface area contributed by atoms with Crippen molar-refractivity contribution < 1.29 is 13.5 Å². The number of aliphatic hydroxyl groups is 1. The highest BCUT2D eigenvalue weighted by Gasteiger charge is 2.67. The minimum Gasteiger partial charge on any atom is -0.390 e. The molecular formula is C34H57NO3S. The standard InChI is InChI=1S/C18H30O.C16H27NO2S/c1-9-10(2)14-7-13(9)16-11-5-12(8-18(3,4)19)15(6-11)17(14)16;1-8-9(2)13-6-12(8)15-10-4-11(7-17-20(3,18)19)14(5-10)16(13)15/h9-17,19H,5-8H2,1-4H3;8-17H,4-7H2,1-3H3. The Labute approximate surface area is 239 Å². The second-order valence-corrected chi connectivity index (χ2v) is 19.2. The summed E-state index contributed by atoms with van der Waals surface area (Å²) in [5, 5.41) is 10.2. The average Bonchev–Trinajstić information content (AvgIpc) is 3.66. The van der Waals surface area contributed by atoms with Crippen LogP contribution in [0.3, 0.4) is 0 Å². The van der Waals surface area contributed by atoms with Crippen molar-refractivity contribution in [1.29, 1.82) is 0 Å². The zero-order valence-corrected chi connectivity index (χ0v) is 26.5. The third kappa shape index (κ3) is 4.27. The van der Waals surface area contributed by atoms with E-state index in [1.807, 2.05) is 13.8 Å². The van der Waals surface area contributed by atoms with Crippen molar-refractivity contribution in [1.82, 2.24) is 4.72 Å². The minimum absolute atomic E-state index is 0.457. The summed E-state index contributed by atoms with van der Waals surface area (Å²) in [6.45, 7) is 14.7. The summed E-state index contributed by atoms with van der Waals surface area (Å²) in [6, 6.07) is 0. The van der Waals surface area contributed by atoms with Crippen molar-refractivity contribution in [3.63, 3.8) is 0 Å². The van der Waals surface area contributed by atoms with Gasteiger partial charge in [-0.2, -0.15) is 0 Å². The molecule has 8 fully saturated rings. The molecule has 2 N–H and O–H groups in total. The van der Waals surface area contributed by atoms with E-state index in [1.165, 1.54) is 38.4 Å². The average molecular weight is 560 g/mol. The molecule has 0 heterocycles. The molecule has 0 aromatic rings. The van der Waals surface area contributed by atoms with Gasteiger partial charge in [0.2, 0.25) is 10.0 Å². The molecule has 18 unspecified atom stereocenters. The Hall–Kier alpha value is -0.130. The zero-order chi connectivity index (χ0) is 27.8. The Balaban J connectivity index is 0.000000130. The molecule has 8 aliphatic carbocycles. The van der Waals surface area contributed by atoms with Gasteiger partial charge in [0.1, 0.15) is 0 Å². The van der Waals surface area contributed by atoms with Crippen molar-refractivity contribution in [3.8, 4) is 0 Å². The number of hydrogen-bond acceptors (Lipinski definition) is 3. The van der Waals surface area contributed by atoms with Crippen LogP contribution in [0.1, 0.15) is 86.5 Å². The van der Waals surface area contributed by atoms with Crippen LogP contribution in [-0.2, 0) is 10.0 Å². The van der Waals surface area contributed by atoms with E-state index in [-0.39, 0.29) is 0 Å². The number of rotatable bonds is 5. The lowest BCUT2D eigenvalue weighted by Gasteiger charge is -2.44. The first kappa shape index (κ1) is 27.7. The Morgan fingerprint density at radius 1 is 0.641 bits per heavy atom. The van der Waals surface area contributed by atoms with Gasteiger partial charge in [-0.05, 0) is 165 Å². The van der Waals surface area contributed by atoms with Gasteiger partial charge in [-0.3, -0.25) is 0 Å². The molecule has 5 heteroatoms. The van der Waals surface area contributed by atoms with Crippen molar-refractivity contribution in [2.45, 2.75) is 92.1 Å². The zero-order valence-electron chi connectivity index (χ0n) is 25.7. The molecule has 0 amide bonds. The molecule has 8 rings (SSSR count). The van der Waals surface area contributed by atoms with E-state index in [1.54, 1.807) is 6.42 Å². The van der Waals surface area contributed by atoms with Crippen molar-refractivity contribution >= 4 is 10.0 Å². The van der Waals surface area contributed by atoms with Crippen molar-refractivity contribution in [2.24, 2.45) is 107 Å². The topological polar surface area (TPSA) is 66.4 Å². The van der Waals surface area contributed by atoms with Gasteiger partial charge < -0.3 is 5.11 Å². The van der Waals surface area contributed by atoms with Crippen LogP contribution in [0, 0.1) is 107 Å². The highest BCUT2D eigenvalue weighted by molar-refractivity contribution is 7.88. The quantitative estimate of drug-likeness (QED) is 0.388. The molecule has 0 aromatic carbocycles. The Morgan fingerprint density at radius 3 is 1.49 bits per heavy atom. The van der Waals surface area contributed by atoms with Gasteiger partial charge in [-0.25, -0.2) is 13.1 Å². The maximum absolute atomic E-state index is 11.3. The smallest absolute Gasteiger partial charge is 0.208 e. The van der Waals surface area contributed by atoms with E-state index in [2.05, 4.69) is 32.4 Å². The van der Waals surface area contributed by atoms with Gasteiger partial charge in [-0.15, -0.1) is 0 Å². The molecule has 8 saturated carbocycles. The molecule has 4 nitrogen and oxygen atoms in total. The van der Waals surface area contributed by atoms with Crippen LogP contribution in [0.15, 0.2) is 0 Å². The summed E-state index contributed by atoms with van der Waals surface area (Å²) < 4.78 is 25.4. The van der Waals surface area contributed by atoms with Gasteiger partial charge in [-0.1, -0.05) is 27.7 Å². The first-order valence-corrected chi connectivity index (χ1v) is 18.8. The molecule has 0 saturated heterocycles. The van der Waals surface area contributed by atoms with Crippen LogP contribution in [0.5, 0.6) is 0 Å². The van der Waals surface area contributed by atoms with E-state index in [0.29, 0.717) is 12.5 Å². The molecule has 39 heavy (non-hydrogen) atoms. The fraction of sp³-hybridized carbons (Fsp3) is 1.00. The van der Waals surface area contributed by atoms with Crippen LogP contribution in [0.25, 0.3) is 0 Å². The molecular weight excluding hydrogens is 502 g/mol. The SMILES string of the molecule is CC1C(C)C2CC1C1C3CC(CC(C)(C)O)C(C3)C21.CC1C(C)C2CC1C1C3CC(CNS(C)(=O)=O)C(C3)C21. The van der Waals surface area contributed by atoms with E-state index < -0.39 is 15.6 Å². The lowest BCUT2D eigenvalue weighted by molar-refractivity contribution is 0.00185. The first-order chi connectivity index (χ1) is 18.2. The molecule has 8 bridgehead atoms. The number of nitrogens with one attached hydrogen (secondary N) is 1. The van der Waals surface area contributed by atoms with E-state index >= 15 is 0 Å². The summed E-state index contributed by atoms with van der Waals surface area (Å²) in [5.74, 6) is 17.0. The van der Waals surface area contributed by atoms with Gasteiger partial charge in [0.05, 0.1) is 11.9 Å². The van der Waals surface area contributed by atoms with E-state index in [0.717, 1.165) is 107 Å². The lowest BCUT2D eigenvalue weighted by Crippen LogP contribution is -2.41. The monoisotopic (exact) mass is 559 g/mol. The molecule has 0 spiro atoms. The predicted octanol–water partition coefficient (Wildman–Crippen LogP) is 6.30. The normalized spacial score (nSPS) is 57.6. The second-order valence-electron chi connectivity index (χ2n) is 17.3. The summed E-state index contributed by atoms with van der Waals surface area (Å²) in [4.78, 5) is 0. The first-order valence-electron chi connectivity index (χ1n) is 16.9. The third-order valence-corrected chi connectivity index (χ3v) is 16.0. The van der Waals surface area contributed by atoms with Gasteiger partial charge >= 0.3 is 0 Å². The maximum Gasteiger partial charge on any atom is 0.208 e. The van der Waals surface area contributed by atoms with Crippen LogP contribution in [-0.4, -0.2) is 31.9 Å². The van der Waals surface area contributed by atoms with E-state index in [4.69, 9.17) is 0 Å². The van der Waals surface area contributed by atoms with Crippen LogP contribution in [0.4, 0.5) is 0 Å². The van der Waals surface area contributed by atoms with Crippen molar-refractivity contribution in [3.05, 3.63) is 0 Å². The lowest BCUT2D eigenvalue weighted by atomic mass is 9.61. The highest BCUT2D eigenvalue weighted by Crippen LogP contribution is 2.72. The third-order valence-electron chi connectivity index (χ3n) is 15.3. The van der Waals surface area contributed by atoms with Crippen LogP contribution in [0.2, 0.25) is 0 Å². The molecule has 18 atom stereocenters. The summed E-state index contributed by atoms with van der Waals surface area (Å²) >= 11 is 0. The second kappa shape index (κ2) is 9.18. The highest BCUT2D eigenvalue weighted by atomic mass is 32.2. The maximum atomic E-state index is 11.3. The molecule has 0 aliphatic heterocycles. The fourth-order valence-electron chi connectivity index (χ4n) is 14.1. The molecule has 0 aromatic heterocycles. The molecule has 222 valence electrons. The van der Waals surface area contributed by atoms with Crippen LogP contribution < -0.4 is 4.72 Å². The number of hydrogen-bond donors (Lipinski definition) is 2. The van der Waals surface area contributed by atoms with Gasteiger partial charge in [0.15, 0.2) is 0 Å². The minimum atomic E-state index is -3.03. The molecule has 0 radical (unpaired) electrons. The Bertz CT molecular complexity index is 1070. The van der Waals surface area contributed by atoms with Crippen LogP contribution >= 0.6 is 0 Å². The van der Waals surface area contributed by atoms with E-state index in [9.17, 15) is 13.5 Å². The predicted molar refractivity (Wildman–Crippen MR) is 157 cm³/mol. The largest absolute Gasteiger partial charge is 0.390 e. The number of fused-ring (bicyclic) bond motifs is 18. The summed E-state index contributed by atoms with van der Waals surface area (Å²) in [6.07, 6.45) is 10.9. The van der Waals surface area contributed by atoms with Gasteiger partial charge in [0, 0.05) is 6.54 Å². The number of sulfonamides is 1. The van der Waals surface area contributed by atoms with Gasteiger partial charge in [0.25, 0.3) is 0 Å². The Kier molecular flexibility index (Phi) is 6.52. The summed E-state index contributed by atoms with van der Waals surface area (Å²) in [7, 11) is -3.03. The fourth-order valence-corrected chi connectivity index (χ4v) is 14.6. The summed E-state index contributed by atoms with van der Waals surface area (Å²) in [5.41, 5.74) is -0.457. The molecule has 8 aliphatic rings. The Morgan fingerprint density at radius 2 is 1.05 bits per heavy atom.